The first-order valence-corrected chi connectivity index (χ1v) is 6.02. The Morgan fingerprint density at radius 1 is 1.00 bits per heavy atom. The first kappa shape index (κ1) is 10.8. The number of rotatable bonds is 2. The van der Waals surface area contributed by atoms with Crippen LogP contribution in [0.5, 0.6) is 0 Å². The van der Waals surface area contributed by atoms with E-state index >= 15 is 0 Å². The fourth-order valence-corrected chi connectivity index (χ4v) is 2.04. The monoisotopic (exact) mass is 238 g/mol. The van der Waals surface area contributed by atoms with Crippen molar-refractivity contribution >= 4 is 11.7 Å². The molecule has 1 aliphatic heterocycles. The Morgan fingerprint density at radius 2 is 1.61 bits per heavy atom. The third-order valence-corrected chi connectivity index (χ3v) is 3.08. The number of amides is 2. The zero-order valence-electron chi connectivity index (χ0n) is 9.91. The van der Waals surface area contributed by atoms with Crippen LogP contribution in [-0.2, 0) is 0 Å². The second-order valence-corrected chi connectivity index (χ2v) is 4.38. The van der Waals surface area contributed by atoms with E-state index in [0.717, 1.165) is 12.2 Å². The van der Waals surface area contributed by atoms with Crippen molar-refractivity contribution in [3.05, 3.63) is 66.2 Å². The lowest BCUT2D eigenvalue weighted by atomic mass is 10.2. The number of nitrogens with zero attached hydrogens (tertiary/aromatic N) is 1. The summed E-state index contributed by atoms with van der Waals surface area (Å²) in [5.41, 5.74) is 2.03. The van der Waals surface area contributed by atoms with Gasteiger partial charge in [0.2, 0.25) is 0 Å². The van der Waals surface area contributed by atoms with Gasteiger partial charge in [-0.2, -0.15) is 0 Å². The average molecular weight is 238 g/mol. The molecule has 3 heteroatoms. The third-order valence-electron chi connectivity index (χ3n) is 3.08. The highest BCUT2D eigenvalue weighted by atomic mass is 16.2. The van der Waals surface area contributed by atoms with Crippen molar-refractivity contribution in [1.82, 2.24) is 4.90 Å². The Morgan fingerprint density at radius 3 is 2.28 bits per heavy atom. The summed E-state index contributed by atoms with van der Waals surface area (Å²) in [6, 6.07) is 19.8. The van der Waals surface area contributed by atoms with Crippen molar-refractivity contribution in [2.45, 2.75) is 6.04 Å². The molecule has 1 aliphatic rings. The van der Waals surface area contributed by atoms with Crippen LogP contribution in [0, 0.1) is 0 Å². The molecule has 1 heterocycles. The fraction of sp³-hybridized carbons (Fsp3) is 0.133. The molecule has 0 saturated carbocycles. The van der Waals surface area contributed by atoms with Crippen LogP contribution in [-0.4, -0.2) is 17.5 Å². The van der Waals surface area contributed by atoms with Crippen molar-refractivity contribution in [2.75, 3.05) is 11.9 Å². The lowest BCUT2D eigenvalue weighted by Gasteiger charge is -2.07. The van der Waals surface area contributed by atoms with E-state index in [4.69, 9.17) is 0 Å². The number of carbonyl (C=O) groups is 1. The lowest BCUT2D eigenvalue weighted by molar-refractivity contribution is 0.239. The molecule has 0 bridgehead atoms. The van der Waals surface area contributed by atoms with E-state index in [1.165, 1.54) is 5.56 Å². The molecule has 2 aromatic rings. The topological polar surface area (TPSA) is 32.1 Å². The number of para-hydroxylation sites is 1. The number of hydrogen-bond donors (Lipinski definition) is 1. The van der Waals surface area contributed by atoms with E-state index in [1.54, 1.807) is 0 Å². The van der Waals surface area contributed by atoms with Crippen molar-refractivity contribution in [3.63, 3.8) is 0 Å². The number of nitrogens with one attached hydrogen (secondary N) is 1. The quantitative estimate of drug-likeness (QED) is 0.800. The zero-order valence-corrected chi connectivity index (χ0v) is 9.91. The highest BCUT2D eigenvalue weighted by Crippen LogP contribution is 2.34. The van der Waals surface area contributed by atoms with Crippen LogP contribution in [0.1, 0.15) is 11.6 Å². The van der Waals surface area contributed by atoms with E-state index < -0.39 is 0 Å². The second-order valence-electron chi connectivity index (χ2n) is 4.38. The van der Waals surface area contributed by atoms with E-state index in [1.807, 2.05) is 53.4 Å². The zero-order chi connectivity index (χ0) is 12.4. The van der Waals surface area contributed by atoms with Gasteiger partial charge in [0, 0.05) is 12.2 Å². The smallest absolute Gasteiger partial charge is 0.313 e. The molecule has 2 aromatic carbocycles. The molecule has 1 fully saturated rings. The number of carbonyl (C=O) groups excluding carboxylic acids is 1. The Kier molecular flexibility index (Phi) is 2.73. The molecule has 0 spiro atoms. The number of hydrogen-bond acceptors (Lipinski definition) is 1. The standard InChI is InChI=1S/C15H14N2O/c18-15(16-13-9-5-2-6-10-13)17-11-14(17)12-7-3-1-4-8-12/h1-10,14H,11H2,(H,16,18). The highest BCUT2D eigenvalue weighted by Gasteiger charge is 2.39. The summed E-state index contributed by atoms with van der Waals surface area (Å²) in [5.74, 6) is 0. The largest absolute Gasteiger partial charge is 0.322 e. The molecule has 0 aromatic heterocycles. The average Bonchev–Trinajstić information content (AvgIpc) is 3.21. The Balaban J connectivity index is 1.63. The van der Waals surface area contributed by atoms with Gasteiger partial charge in [-0.3, -0.25) is 0 Å². The summed E-state index contributed by atoms with van der Waals surface area (Å²) in [4.78, 5) is 13.8. The van der Waals surface area contributed by atoms with E-state index in [2.05, 4.69) is 17.4 Å². The molecule has 0 radical (unpaired) electrons. The van der Waals surface area contributed by atoms with Crippen LogP contribution in [0.4, 0.5) is 10.5 Å². The number of benzene rings is 2. The van der Waals surface area contributed by atoms with Crippen molar-refractivity contribution in [1.29, 1.82) is 0 Å². The molecule has 1 unspecified atom stereocenters. The maximum Gasteiger partial charge on any atom is 0.322 e. The Hall–Kier alpha value is -2.29. The van der Waals surface area contributed by atoms with Crippen LogP contribution in [0.25, 0.3) is 0 Å². The first-order chi connectivity index (χ1) is 8.84. The summed E-state index contributed by atoms with van der Waals surface area (Å²) < 4.78 is 0. The van der Waals surface area contributed by atoms with Crippen LogP contribution in [0.2, 0.25) is 0 Å². The van der Waals surface area contributed by atoms with Crippen molar-refractivity contribution in [3.8, 4) is 0 Å². The summed E-state index contributed by atoms with van der Waals surface area (Å²) in [6.07, 6.45) is 0. The fourth-order valence-electron chi connectivity index (χ4n) is 2.04. The van der Waals surface area contributed by atoms with E-state index in [-0.39, 0.29) is 12.1 Å². The van der Waals surface area contributed by atoms with E-state index in [9.17, 15) is 4.79 Å². The molecule has 1 saturated heterocycles. The lowest BCUT2D eigenvalue weighted by Crippen LogP contribution is -2.19. The van der Waals surface area contributed by atoms with Crippen LogP contribution >= 0.6 is 0 Å². The van der Waals surface area contributed by atoms with Crippen LogP contribution in [0.15, 0.2) is 60.7 Å². The minimum atomic E-state index is -0.0324. The molecule has 0 aliphatic carbocycles. The van der Waals surface area contributed by atoms with Gasteiger partial charge in [-0.05, 0) is 17.7 Å². The van der Waals surface area contributed by atoms with Crippen molar-refractivity contribution in [2.24, 2.45) is 0 Å². The summed E-state index contributed by atoms with van der Waals surface area (Å²) in [6.45, 7) is 0.794. The van der Waals surface area contributed by atoms with Gasteiger partial charge < -0.3 is 10.2 Å². The minimum absolute atomic E-state index is 0.0324. The first-order valence-electron chi connectivity index (χ1n) is 6.02. The van der Waals surface area contributed by atoms with Gasteiger partial charge >= 0.3 is 6.03 Å². The molecular weight excluding hydrogens is 224 g/mol. The Bertz CT molecular complexity index is 539. The van der Waals surface area contributed by atoms with Gasteiger partial charge in [-0.15, -0.1) is 0 Å². The third kappa shape index (κ3) is 2.20. The molecule has 3 nitrogen and oxygen atoms in total. The van der Waals surface area contributed by atoms with Gasteiger partial charge in [0.25, 0.3) is 0 Å². The molecule has 90 valence electrons. The van der Waals surface area contributed by atoms with Crippen LogP contribution in [0.3, 0.4) is 0 Å². The van der Waals surface area contributed by atoms with Gasteiger partial charge in [0.15, 0.2) is 0 Å². The predicted octanol–water partition coefficient (Wildman–Crippen LogP) is 3.28. The summed E-state index contributed by atoms with van der Waals surface area (Å²) >= 11 is 0. The molecular formula is C15H14N2O. The highest BCUT2D eigenvalue weighted by molar-refractivity contribution is 5.91. The molecule has 1 N–H and O–H groups in total. The normalized spacial score (nSPS) is 17.3. The van der Waals surface area contributed by atoms with Gasteiger partial charge in [0.05, 0.1) is 6.04 Å². The second kappa shape index (κ2) is 4.53. The predicted molar refractivity (Wildman–Crippen MR) is 71.3 cm³/mol. The molecule has 3 rings (SSSR count). The summed E-state index contributed by atoms with van der Waals surface area (Å²) in [5, 5.41) is 2.89. The van der Waals surface area contributed by atoms with Gasteiger partial charge in [-0.25, -0.2) is 4.79 Å². The maximum absolute atomic E-state index is 12.0. The molecule has 1 atom stereocenters. The van der Waals surface area contributed by atoms with Gasteiger partial charge in [0.1, 0.15) is 0 Å². The molecule has 2 amide bonds. The van der Waals surface area contributed by atoms with Gasteiger partial charge in [-0.1, -0.05) is 48.5 Å². The number of anilines is 1. The van der Waals surface area contributed by atoms with Crippen LogP contribution < -0.4 is 5.32 Å². The maximum atomic E-state index is 12.0. The summed E-state index contributed by atoms with van der Waals surface area (Å²) in [7, 11) is 0. The SMILES string of the molecule is O=C(Nc1ccccc1)N1CC1c1ccccc1. The molecule has 18 heavy (non-hydrogen) atoms. The van der Waals surface area contributed by atoms with Crippen molar-refractivity contribution < 1.29 is 4.79 Å². The van der Waals surface area contributed by atoms with E-state index in [0.29, 0.717) is 0 Å². The Labute approximate surface area is 106 Å². The minimum Gasteiger partial charge on any atom is -0.313 e. The number of urea groups is 1.